The molecule has 3 heterocycles. The van der Waals surface area contributed by atoms with E-state index in [-0.39, 0.29) is 11.9 Å². The molecular formula is C18H18N4O3. The molecule has 0 radical (unpaired) electrons. The van der Waals surface area contributed by atoms with Gasteiger partial charge in [-0.15, -0.1) is 0 Å². The zero-order valence-electron chi connectivity index (χ0n) is 13.9. The average Bonchev–Trinajstić information content (AvgIpc) is 3.05. The van der Waals surface area contributed by atoms with E-state index in [1.54, 1.807) is 47.5 Å². The molecule has 128 valence electrons. The molecule has 3 amide bonds. The number of anilines is 2. The normalized spacial score (nSPS) is 20.2. The summed E-state index contributed by atoms with van der Waals surface area (Å²) in [7, 11) is 0. The number of hydrogen-bond acceptors (Lipinski definition) is 4. The molecule has 1 unspecified atom stereocenters. The number of amides is 3. The van der Waals surface area contributed by atoms with E-state index < -0.39 is 11.8 Å². The van der Waals surface area contributed by atoms with Gasteiger partial charge in [-0.1, -0.05) is 12.1 Å². The number of nitrogens with zero attached hydrogens (tertiary/aromatic N) is 2. The SMILES string of the molecule is CC1(C)OCC2c3c(NC(=O)Nc4ccccn4)cccc3C(=O)N21. The third-order valence-corrected chi connectivity index (χ3v) is 4.53. The zero-order chi connectivity index (χ0) is 17.6. The highest BCUT2D eigenvalue weighted by Gasteiger charge is 2.51. The van der Waals surface area contributed by atoms with Crippen LogP contribution in [0.5, 0.6) is 0 Å². The number of hydrogen-bond donors (Lipinski definition) is 2. The molecule has 7 nitrogen and oxygen atoms in total. The lowest BCUT2D eigenvalue weighted by atomic mass is 10.0. The molecule has 2 N–H and O–H groups in total. The number of benzene rings is 1. The first kappa shape index (κ1) is 15.6. The Kier molecular flexibility index (Phi) is 3.47. The molecule has 0 bridgehead atoms. The fourth-order valence-corrected chi connectivity index (χ4v) is 3.46. The summed E-state index contributed by atoms with van der Waals surface area (Å²) in [5, 5.41) is 5.50. The first-order chi connectivity index (χ1) is 12.0. The fourth-order valence-electron chi connectivity index (χ4n) is 3.46. The Hall–Kier alpha value is -2.93. The van der Waals surface area contributed by atoms with Crippen LogP contribution < -0.4 is 10.6 Å². The number of urea groups is 1. The van der Waals surface area contributed by atoms with Crippen LogP contribution in [0, 0.1) is 0 Å². The van der Waals surface area contributed by atoms with Crippen LogP contribution in [0.2, 0.25) is 0 Å². The van der Waals surface area contributed by atoms with Gasteiger partial charge in [0.15, 0.2) is 0 Å². The minimum Gasteiger partial charge on any atom is -0.354 e. The van der Waals surface area contributed by atoms with Gasteiger partial charge in [0.25, 0.3) is 5.91 Å². The maximum Gasteiger partial charge on any atom is 0.324 e. The lowest BCUT2D eigenvalue weighted by Gasteiger charge is -2.29. The van der Waals surface area contributed by atoms with Crippen molar-refractivity contribution in [2.24, 2.45) is 0 Å². The van der Waals surface area contributed by atoms with Gasteiger partial charge in [0.2, 0.25) is 0 Å². The third-order valence-electron chi connectivity index (χ3n) is 4.53. The van der Waals surface area contributed by atoms with Gasteiger partial charge in [-0.2, -0.15) is 0 Å². The molecule has 1 saturated heterocycles. The molecule has 1 fully saturated rings. The van der Waals surface area contributed by atoms with Crippen LogP contribution >= 0.6 is 0 Å². The molecule has 0 saturated carbocycles. The summed E-state index contributed by atoms with van der Waals surface area (Å²) in [4.78, 5) is 30.8. The molecule has 1 aromatic heterocycles. The van der Waals surface area contributed by atoms with Gasteiger partial charge in [0.05, 0.1) is 12.6 Å². The van der Waals surface area contributed by atoms with Crippen molar-refractivity contribution in [1.29, 1.82) is 0 Å². The predicted molar refractivity (Wildman–Crippen MR) is 92.3 cm³/mol. The van der Waals surface area contributed by atoms with Crippen LogP contribution in [0.15, 0.2) is 42.6 Å². The molecule has 2 aliphatic heterocycles. The summed E-state index contributed by atoms with van der Waals surface area (Å²) >= 11 is 0. The number of carbonyl (C=O) groups is 2. The molecule has 4 rings (SSSR count). The van der Waals surface area contributed by atoms with E-state index in [9.17, 15) is 9.59 Å². The van der Waals surface area contributed by atoms with Crippen LogP contribution in [0.1, 0.15) is 35.8 Å². The highest BCUT2D eigenvalue weighted by molar-refractivity contribution is 6.05. The highest BCUT2D eigenvalue weighted by Crippen LogP contribution is 2.47. The molecule has 0 aliphatic carbocycles. The van der Waals surface area contributed by atoms with Gasteiger partial charge >= 0.3 is 6.03 Å². The number of ether oxygens (including phenoxy) is 1. The fraction of sp³-hybridized carbons (Fsp3) is 0.278. The van der Waals surface area contributed by atoms with Crippen molar-refractivity contribution in [2.75, 3.05) is 17.2 Å². The maximum atomic E-state index is 12.7. The van der Waals surface area contributed by atoms with Crippen molar-refractivity contribution >= 4 is 23.4 Å². The van der Waals surface area contributed by atoms with E-state index in [2.05, 4.69) is 15.6 Å². The largest absolute Gasteiger partial charge is 0.354 e. The summed E-state index contributed by atoms with van der Waals surface area (Å²) in [6.07, 6.45) is 1.60. The molecule has 1 atom stereocenters. The monoisotopic (exact) mass is 338 g/mol. The van der Waals surface area contributed by atoms with Gasteiger partial charge in [-0.05, 0) is 38.1 Å². The Morgan fingerprint density at radius 1 is 1.24 bits per heavy atom. The summed E-state index contributed by atoms with van der Waals surface area (Å²) in [6, 6.07) is 10.0. The molecule has 2 aliphatic rings. The number of nitrogens with one attached hydrogen (secondary N) is 2. The topological polar surface area (TPSA) is 83.6 Å². The second-order valence-electron chi connectivity index (χ2n) is 6.51. The summed E-state index contributed by atoms with van der Waals surface area (Å²) in [5.41, 5.74) is 1.35. The number of aromatic nitrogens is 1. The predicted octanol–water partition coefficient (Wildman–Crippen LogP) is 2.99. The second-order valence-corrected chi connectivity index (χ2v) is 6.51. The Bertz CT molecular complexity index is 851. The van der Waals surface area contributed by atoms with E-state index >= 15 is 0 Å². The van der Waals surface area contributed by atoms with Crippen molar-refractivity contribution in [3.63, 3.8) is 0 Å². The molecular weight excluding hydrogens is 320 g/mol. The van der Waals surface area contributed by atoms with Crippen molar-refractivity contribution < 1.29 is 14.3 Å². The van der Waals surface area contributed by atoms with Gasteiger partial charge in [-0.3, -0.25) is 10.1 Å². The van der Waals surface area contributed by atoms with E-state index in [0.29, 0.717) is 23.7 Å². The van der Waals surface area contributed by atoms with Gasteiger partial charge in [-0.25, -0.2) is 9.78 Å². The quantitative estimate of drug-likeness (QED) is 0.882. The van der Waals surface area contributed by atoms with Crippen LogP contribution in [0.4, 0.5) is 16.3 Å². The second kappa shape index (κ2) is 5.56. The minimum atomic E-state index is -0.658. The number of rotatable bonds is 2. The van der Waals surface area contributed by atoms with Crippen LogP contribution in [-0.2, 0) is 4.74 Å². The maximum absolute atomic E-state index is 12.7. The average molecular weight is 338 g/mol. The van der Waals surface area contributed by atoms with E-state index in [1.807, 2.05) is 13.8 Å². The molecule has 0 spiro atoms. The number of pyridine rings is 1. The highest BCUT2D eigenvalue weighted by atomic mass is 16.5. The zero-order valence-corrected chi connectivity index (χ0v) is 13.9. The van der Waals surface area contributed by atoms with E-state index in [4.69, 9.17) is 4.74 Å². The number of carbonyl (C=O) groups excluding carboxylic acids is 2. The minimum absolute atomic E-state index is 0.0729. The standard InChI is InChI=1S/C18H18N4O3/c1-18(2)22-13(10-25-18)15-11(16(22)23)6-5-7-12(15)20-17(24)21-14-8-3-4-9-19-14/h3-9,13H,10H2,1-2H3,(H2,19,20,21,24). The van der Waals surface area contributed by atoms with Crippen LogP contribution in [0.25, 0.3) is 0 Å². The number of fused-ring (bicyclic) bond motifs is 3. The van der Waals surface area contributed by atoms with Crippen LogP contribution in [-0.4, -0.2) is 34.2 Å². The first-order valence-electron chi connectivity index (χ1n) is 8.07. The van der Waals surface area contributed by atoms with Crippen LogP contribution in [0.3, 0.4) is 0 Å². The lowest BCUT2D eigenvalue weighted by molar-refractivity contribution is -0.0387. The van der Waals surface area contributed by atoms with E-state index in [0.717, 1.165) is 5.56 Å². The van der Waals surface area contributed by atoms with E-state index in [1.165, 1.54) is 0 Å². The molecule has 1 aromatic carbocycles. The first-order valence-corrected chi connectivity index (χ1v) is 8.07. The molecule has 2 aromatic rings. The third kappa shape index (κ3) is 2.53. The summed E-state index contributed by atoms with van der Waals surface area (Å²) < 4.78 is 5.76. The van der Waals surface area contributed by atoms with Crippen molar-refractivity contribution in [3.05, 3.63) is 53.7 Å². The Labute approximate surface area is 145 Å². The summed E-state index contributed by atoms with van der Waals surface area (Å²) in [5.74, 6) is 0.381. The Morgan fingerprint density at radius 3 is 2.84 bits per heavy atom. The Balaban J connectivity index is 1.62. The van der Waals surface area contributed by atoms with Crippen molar-refractivity contribution in [1.82, 2.24) is 9.88 Å². The van der Waals surface area contributed by atoms with Gasteiger partial charge < -0.3 is 15.0 Å². The van der Waals surface area contributed by atoms with Gasteiger partial charge in [0, 0.05) is 23.0 Å². The van der Waals surface area contributed by atoms with Crippen molar-refractivity contribution in [2.45, 2.75) is 25.6 Å². The van der Waals surface area contributed by atoms with Gasteiger partial charge in [0.1, 0.15) is 11.5 Å². The lowest BCUT2D eigenvalue weighted by Crippen LogP contribution is -2.41. The molecule has 7 heteroatoms. The smallest absolute Gasteiger partial charge is 0.324 e. The summed E-state index contributed by atoms with van der Waals surface area (Å²) in [6.45, 7) is 4.15. The molecule has 25 heavy (non-hydrogen) atoms. The van der Waals surface area contributed by atoms with Crippen molar-refractivity contribution in [3.8, 4) is 0 Å². The Morgan fingerprint density at radius 2 is 2.08 bits per heavy atom.